The van der Waals surface area contributed by atoms with E-state index in [2.05, 4.69) is 4.52 Å². The van der Waals surface area contributed by atoms with E-state index < -0.39 is 7.60 Å². The first-order valence-electron chi connectivity index (χ1n) is 2.97. The third-order valence-corrected chi connectivity index (χ3v) is 1.98. The van der Waals surface area contributed by atoms with Crippen LogP contribution in [-0.2, 0) is 67.0 Å². The molecule has 0 aromatic carbocycles. The molecule has 0 heterocycles. The van der Waals surface area contributed by atoms with Gasteiger partial charge >= 0.3 is 0 Å². The van der Waals surface area contributed by atoms with E-state index in [1.165, 1.54) is 6.92 Å². The molecule has 0 rings (SSSR count). The Morgan fingerprint density at radius 3 is 2.07 bits per heavy atom. The predicted octanol–water partition coefficient (Wildman–Crippen LogP) is 2.63. The molecule has 0 amide bonds. The summed E-state index contributed by atoms with van der Waals surface area (Å²) in [5, 5.41) is 0. The van der Waals surface area contributed by atoms with Crippen molar-refractivity contribution in [3.8, 4) is 0 Å². The van der Waals surface area contributed by atoms with E-state index in [1.54, 1.807) is 6.92 Å². The first-order valence-corrected chi connectivity index (χ1v) is 4.62. The van der Waals surface area contributed by atoms with Crippen molar-refractivity contribution in [1.29, 1.82) is 0 Å². The molecule has 0 aliphatic rings. The van der Waals surface area contributed by atoms with E-state index in [0.29, 0.717) is 6.61 Å². The van der Waals surface area contributed by atoms with Crippen molar-refractivity contribution in [1.82, 2.24) is 0 Å². The van der Waals surface area contributed by atoms with Crippen LogP contribution in [0.1, 0.15) is 28.7 Å². The Bertz CT molecular complexity index is 142. The molecule has 0 aromatic heterocycles. The molecule has 1 unspecified atom stereocenters. The maximum atomic E-state index is 10.7. The molecule has 0 bridgehead atoms. The maximum Gasteiger partial charge on any atom is 0.186 e. The number of hydrogen-bond donors (Lipinski definition) is 1. The largest absolute Gasteiger partial charge is 0.355 e. The fourth-order valence-electron chi connectivity index (χ4n) is 0.271. The van der Waals surface area contributed by atoms with Gasteiger partial charge in [-0.3, -0.25) is 4.57 Å². The Hall–Kier alpha value is 2.93. The molecule has 2 radical (unpaired) electrons. The van der Waals surface area contributed by atoms with Crippen LogP contribution >= 0.6 is 7.60 Å². The molecule has 0 aliphatic carbocycles. The van der Waals surface area contributed by atoms with Crippen molar-refractivity contribution < 1.29 is 103 Å². The molecule has 8 heteroatoms. The van der Waals surface area contributed by atoms with Crippen molar-refractivity contribution >= 4 is 7.60 Å². The molecular formula is C7H20O4PReUY-. The zero-order valence-electron chi connectivity index (χ0n) is 7.57. The van der Waals surface area contributed by atoms with Crippen molar-refractivity contribution in [3.63, 3.8) is 0 Å². The smallest absolute Gasteiger partial charge is 0.186 e. The third kappa shape index (κ3) is 26.5. The van der Waals surface area contributed by atoms with Gasteiger partial charge in [-0.2, -0.15) is 6.92 Å². The van der Waals surface area contributed by atoms with Crippen LogP contribution in [0.5, 0.6) is 0 Å². The second-order valence-corrected chi connectivity index (χ2v) is 3.46. The van der Waals surface area contributed by atoms with E-state index in [1.807, 2.05) is 0 Å². The minimum Gasteiger partial charge on any atom is -0.355 e. The molecule has 0 aliphatic heterocycles. The summed E-state index contributed by atoms with van der Waals surface area (Å²) < 4.78 is 19.8. The van der Waals surface area contributed by atoms with E-state index in [0.717, 1.165) is 6.16 Å². The van der Waals surface area contributed by atoms with Gasteiger partial charge in [0.1, 0.15) is 0 Å². The predicted molar refractivity (Wildman–Crippen MR) is 50.8 cm³/mol. The summed E-state index contributed by atoms with van der Waals surface area (Å²) in [6.45, 7) is 3.59. The normalized spacial score (nSPS) is 11.1. The molecular weight excluding hydrogens is 692 g/mol. The summed E-state index contributed by atoms with van der Waals surface area (Å²) in [7, 11) is -3.45. The number of hydrogen-bond acceptors (Lipinski definition) is 3. The van der Waals surface area contributed by atoms with Gasteiger partial charge in [0, 0.05) is 90.9 Å². The van der Waals surface area contributed by atoms with E-state index in [4.69, 9.17) is 9.63 Å². The Balaban J connectivity index is -0.0000000405. The van der Waals surface area contributed by atoms with Gasteiger partial charge in [0.15, 0.2) is 14.4 Å². The molecule has 4 nitrogen and oxygen atoms in total. The summed E-state index contributed by atoms with van der Waals surface area (Å²) >= 11 is 0. The molecule has 0 spiro atoms. The fourth-order valence-corrected chi connectivity index (χ4v) is 0.645. The van der Waals surface area contributed by atoms with Crippen LogP contribution < -0.4 is 0 Å². The van der Waals surface area contributed by atoms with Crippen LogP contribution in [0.2, 0.25) is 0 Å². The Kier molecular flexibility index (Phi) is 53.3. The molecule has 1 N–H and O–H groups in total. The van der Waals surface area contributed by atoms with Gasteiger partial charge in [-0.1, -0.05) is 14.9 Å². The Labute approximate surface area is 156 Å². The van der Waals surface area contributed by atoms with Gasteiger partial charge < -0.3 is 14.2 Å². The van der Waals surface area contributed by atoms with Crippen molar-refractivity contribution in [2.45, 2.75) is 28.7 Å². The topological polar surface area (TPSA) is 55.8 Å². The quantitative estimate of drug-likeness (QED) is 0.207. The molecule has 0 saturated carbocycles. The molecule has 0 saturated heterocycles. The minimum atomic E-state index is -3.45. The van der Waals surface area contributed by atoms with E-state index in [9.17, 15) is 4.57 Å². The average Bonchev–Trinajstić information content (AvgIpc) is 1.89. The monoisotopic (exact) mass is 713 g/mol. The SMILES string of the molecule is C.C.C[CH-]P(=O)(O)OCOCC.[Re].[U].[Y]. The third-order valence-electron chi connectivity index (χ3n) is 0.851. The molecule has 0 fully saturated rings. The Morgan fingerprint density at radius 1 is 1.40 bits per heavy atom. The zero-order chi connectivity index (χ0) is 8.04. The zero-order valence-corrected chi connectivity index (χ0v) is 18.2. The molecule has 0 aromatic rings. The molecule has 92 valence electrons. The first-order chi connectivity index (χ1) is 4.62. The van der Waals surface area contributed by atoms with Gasteiger partial charge in [-0.15, -0.1) is 0 Å². The van der Waals surface area contributed by atoms with Gasteiger partial charge in [-0.05, 0) is 6.92 Å². The van der Waals surface area contributed by atoms with Crippen molar-refractivity contribution in [3.05, 3.63) is 6.16 Å². The van der Waals surface area contributed by atoms with E-state index in [-0.39, 0.29) is 106 Å². The van der Waals surface area contributed by atoms with Crippen LogP contribution in [0.25, 0.3) is 0 Å². The van der Waals surface area contributed by atoms with Gasteiger partial charge in [-0.25, -0.2) is 6.16 Å². The molecule has 1 atom stereocenters. The second-order valence-electron chi connectivity index (χ2n) is 1.56. The van der Waals surface area contributed by atoms with Crippen molar-refractivity contribution in [2.24, 2.45) is 0 Å². The van der Waals surface area contributed by atoms with Gasteiger partial charge in [0.2, 0.25) is 0 Å². The van der Waals surface area contributed by atoms with Crippen LogP contribution in [0.3, 0.4) is 0 Å². The van der Waals surface area contributed by atoms with Crippen molar-refractivity contribution in [2.75, 3.05) is 13.4 Å². The van der Waals surface area contributed by atoms with Crippen LogP contribution in [0.15, 0.2) is 0 Å². The van der Waals surface area contributed by atoms with Crippen LogP contribution in [-0.4, -0.2) is 18.3 Å². The Morgan fingerprint density at radius 2 is 1.80 bits per heavy atom. The average molecular weight is 712 g/mol. The van der Waals surface area contributed by atoms with Crippen LogP contribution in [0.4, 0.5) is 0 Å². The minimum absolute atomic E-state index is 0. The standard InChI is InChI=1S/C5H12O4P.2CH4.Re.U.Y/c1-3-8-5-9-10(6,7)4-2;;;;;/h4H,3,5H2,1-2H3,(H,6,7);2*1H4;;;/q-1;;;;;. The van der Waals surface area contributed by atoms with E-state index >= 15 is 0 Å². The summed E-state index contributed by atoms with van der Waals surface area (Å²) in [4.78, 5) is 8.75. The number of ether oxygens (including phenoxy) is 1. The fraction of sp³-hybridized carbons (Fsp3) is 0.857. The summed E-state index contributed by atoms with van der Waals surface area (Å²) in [5.74, 6) is 0. The maximum absolute atomic E-state index is 10.7. The second kappa shape index (κ2) is 22.1. The first kappa shape index (κ1) is 36.1. The number of rotatable bonds is 5. The van der Waals surface area contributed by atoms with Gasteiger partial charge in [0.25, 0.3) is 0 Å². The summed E-state index contributed by atoms with van der Waals surface area (Å²) in [5.41, 5.74) is 0. The molecule has 15 heavy (non-hydrogen) atoms. The summed E-state index contributed by atoms with van der Waals surface area (Å²) in [6.07, 6.45) is 1.12. The summed E-state index contributed by atoms with van der Waals surface area (Å²) in [6, 6.07) is 0. The van der Waals surface area contributed by atoms with Gasteiger partial charge in [0.05, 0.1) is 0 Å². The van der Waals surface area contributed by atoms with Crippen LogP contribution in [0, 0.1) is 37.3 Å².